The number of halogens is 5. The number of ether oxygens (including phenoxy) is 1. The number of benzene rings is 2. The quantitative estimate of drug-likeness (QED) is 0.338. The van der Waals surface area contributed by atoms with E-state index in [0.29, 0.717) is 38.0 Å². The SMILES string of the molecule is CCC(F)(F)CN1[C@H](c2c(F)cc(OC3CN(CCCF)C3)cc2F)c2c([nH]c3ccccc23)C[C@H]1C. The topological polar surface area (TPSA) is 31.5 Å². The van der Waals surface area contributed by atoms with Gasteiger partial charge in [-0.05, 0) is 19.4 Å². The van der Waals surface area contributed by atoms with Crippen molar-refractivity contribution in [3.63, 3.8) is 0 Å². The van der Waals surface area contributed by atoms with Gasteiger partial charge in [0.25, 0.3) is 5.92 Å². The molecule has 2 aromatic carbocycles. The van der Waals surface area contributed by atoms with Crippen molar-refractivity contribution in [3.8, 4) is 5.75 Å². The molecule has 2 aliphatic heterocycles. The Kier molecular flexibility index (Phi) is 7.20. The molecule has 0 saturated carbocycles. The number of likely N-dealkylation sites (tertiary alicyclic amines) is 1. The van der Waals surface area contributed by atoms with Gasteiger partial charge in [-0.25, -0.2) is 17.6 Å². The first kappa shape index (κ1) is 26.0. The molecule has 2 atom stereocenters. The van der Waals surface area contributed by atoms with Crippen molar-refractivity contribution in [2.24, 2.45) is 0 Å². The second-order valence-electron chi connectivity index (χ2n) is 10.2. The average molecular weight is 522 g/mol. The Hall–Kier alpha value is -2.65. The molecule has 1 fully saturated rings. The van der Waals surface area contributed by atoms with Crippen LogP contribution in [0, 0.1) is 11.6 Å². The summed E-state index contributed by atoms with van der Waals surface area (Å²) in [4.78, 5) is 6.89. The summed E-state index contributed by atoms with van der Waals surface area (Å²) < 4.78 is 79.0. The van der Waals surface area contributed by atoms with Crippen LogP contribution >= 0.6 is 0 Å². The van der Waals surface area contributed by atoms with Crippen LogP contribution in [-0.4, -0.2) is 65.7 Å². The molecule has 0 aliphatic carbocycles. The van der Waals surface area contributed by atoms with E-state index >= 15 is 8.78 Å². The Morgan fingerprint density at radius 3 is 2.46 bits per heavy atom. The molecule has 0 unspecified atom stereocenters. The summed E-state index contributed by atoms with van der Waals surface area (Å²) in [5.41, 5.74) is 1.98. The first-order chi connectivity index (χ1) is 17.7. The van der Waals surface area contributed by atoms with Gasteiger partial charge in [0, 0.05) is 78.4 Å². The molecule has 1 N–H and O–H groups in total. The van der Waals surface area contributed by atoms with Crippen LogP contribution < -0.4 is 4.74 Å². The molecule has 1 saturated heterocycles. The van der Waals surface area contributed by atoms with Crippen molar-refractivity contribution < 1.29 is 26.7 Å². The predicted octanol–water partition coefficient (Wildman–Crippen LogP) is 6.25. The second-order valence-corrected chi connectivity index (χ2v) is 10.2. The lowest BCUT2D eigenvalue weighted by Gasteiger charge is -2.43. The van der Waals surface area contributed by atoms with Crippen molar-refractivity contribution in [2.45, 2.75) is 57.2 Å². The summed E-state index contributed by atoms with van der Waals surface area (Å²) >= 11 is 0. The third-order valence-corrected chi connectivity index (χ3v) is 7.59. The summed E-state index contributed by atoms with van der Waals surface area (Å²) in [5.74, 6) is -4.61. The number of hydrogen-bond acceptors (Lipinski definition) is 3. The molecule has 2 aliphatic rings. The van der Waals surface area contributed by atoms with Crippen molar-refractivity contribution >= 4 is 10.9 Å². The normalized spacial score (nSPS) is 21.3. The summed E-state index contributed by atoms with van der Waals surface area (Å²) in [6, 6.07) is 8.30. The van der Waals surface area contributed by atoms with E-state index in [-0.39, 0.29) is 36.6 Å². The minimum atomic E-state index is -3.01. The largest absolute Gasteiger partial charge is 0.488 e. The third kappa shape index (κ3) is 5.08. The molecule has 9 heteroatoms. The molecule has 0 bridgehead atoms. The molecule has 0 radical (unpaired) electrons. The first-order valence-electron chi connectivity index (χ1n) is 12.9. The number of H-pyrrole nitrogens is 1. The van der Waals surface area contributed by atoms with Crippen LogP contribution in [0.15, 0.2) is 36.4 Å². The van der Waals surface area contributed by atoms with E-state index in [1.165, 1.54) is 11.8 Å². The van der Waals surface area contributed by atoms with Gasteiger partial charge in [-0.3, -0.25) is 14.2 Å². The summed E-state index contributed by atoms with van der Waals surface area (Å²) in [6.45, 7) is 3.96. The molecule has 200 valence electrons. The van der Waals surface area contributed by atoms with Crippen LogP contribution in [0.4, 0.5) is 22.0 Å². The number of aromatic nitrogens is 1. The third-order valence-electron chi connectivity index (χ3n) is 7.59. The maximum atomic E-state index is 15.7. The maximum Gasteiger partial charge on any atom is 0.260 e. The zero-order chi connectivity index (χ0) is 26.3. The number of alkyl halides is 3. The highest BCUT2D eigenvalue weighted by atomic mass is 19.3. The lowest BCUT2D eigenvalue weighted by Crippen LogP contribution is -2.53. The standard InChI is InChI=1S/C28H32F5N3O/c1-3-28(32,33)16-36-17(2)11-24-25(20-7-4-5-8-23(20)34-24)27(36)26-21(30)12-18(13-22(26)31)37-19-14-35(15-19)10-6-9-29/h4-5,7-8,12-13,17,19,27,34H,3,6,9-11,14-16H2,1-2H3/t17-,27+/m1/s1. The van der Waals surface area contributed by atoms with E-state index < -0.39 is 30.1 Å². The molecular formula is C28H32F5N3O. The highest BCUT2D eigenvalue weighted by molar-refractivity contribution is 5.86. The summed E-state index contributed by atoms with van der Waals surface area (Å²) in [6.07, 6.45) is 0.295. The molecule has 3 heterocycles. The fourth-order valence-electron chi connectivity index (χ4n) is 5.61. The van der Waals surface area contributed by atoms with E-state index in [0.717, 1.165) is 28.7 Å². The van der Waals surface area contributed by atoms with E-state index in [4.69, 9.17) is 4.74 Å². The maximum absolute atomic E-state index is 15.7. The van der Waals surface area contributed by atoms with Crippen LogP contribution in [0.3, 0.4) is 0 Å². The minimum Gasteiger partial charge on any atom is -0.488 e. The molecule has 4 nitrogen and oxygen atoms in total. The number of hydrogen-bond donors (Lipinski definition) is 1. The van der Waals surface area contributed by atoms with Gasteiger partial charge in [0.05, 0.1) is 19.3 Å². The van der Waals surface area contributed by atoms with E-state index in [2.05, 4.69) is 4.98 Å². The fraction of sp³-hybridized carbons (Fsp3) is 0.500. The van der Waals surface area contributed by atoms with Crippen LogP contribution in [0.25, 0.3) is 10.9 Å². The van der Waals surface area contributed by atoms with Crippen molar-refractivity contribution in [2.75, 3.05) is 32.9 Å². The van der Waals surface area contributed by atoms with Crippen molar-refractivity contribution in [1.29, 1.82) is 0 Å². The van der Waals surface area contributed by atoms with E-state index in [1.807, 2.05) is 36.1 Å². The number of nitrogens with one attached hydrogen (secondary N) is 1. The van der Waals surface area contributed by atoms with Crippen LogP contribution in [-0.2, 0) is 6.42 Å². The molecule has 37 heavy (non-hydrogen) atoms. The Labute approximate surface area is 213 Å². The lowest BCUT2D eigenvalue weighted by molar-refractivity contribution is -0.0548. The molecule has 1 aromatic heterocycles. The van der Waals surface area contributed by atoms with Gasteiger partial charge < -0.3 is 9.72 Å². The lowest BCUT2D eigenvalue weighted by atomic mass is 9.86. The summed E-state index contributed by atoms with van der Waals surface area (Å²) in [5, 5.41) is 0.765. The zero-order valence-corrected chi connectivity index (χ0v) is 21.0. The molecular weight excluding hydrogens is 489 g/mol. The number of rotatable bonds is 9. The van der Waals surface area contributed by atoms with Crippen LogP contribution in [0.5, 0.6) is 5.75 Å². The highest BCUT2D eigenvalue weighted by Crippen LogP contribution is 2.45. The number of fused-ring (bicyclic) bond motifs is 3. The van der Waals surface area contributed by atoms with Gasteiger partial charge >= 0.3 is 0 Å². The Balaban J connectivity index is 1.51. The van der Waals surface area contributed by atoms with Gasteiger partial charge in [-0.2, -0.15) is 0 Å². The number of aromatic amines is 1. The van der Waals surface area contributed by atoms with Gasteiger partial charge in [0.15, 0.2) is 0 Å². The van der Waals surface area contributed by atoms with Gasteiger partial charge in [0.1, 0.15) is 23.5 Å². The fourth-order valence-corrected chi connectivity index (χ4v) is 5.61. The highest BCUT2D eigenvalue weighted by Gasteiger charge is 2.43. The van der Waals surface area contributed by atoms with Crippen molar-refractivity contribution in [1.82, 2.24) is 14.8 Å². The van der Waals surface area contributed by atoms with E-state index in [1.54, 1.807) is 0 Å². The van der Waals surface area contributed by atoms with Crippen LogP contribution in [0.2, 0.25) is 0 Å². The van der Waals surface area contributed by atoms with E-state index in [9.17, 15) is 13.2 Å². The minimum absolute atomic E-state index is 0.0577. The Morgan fingerprint density at radius 1 is 1.08 bits per heavy atom. The van der Waals surface area contributed by atoms with Gasteiger partial charge in [0.2, 0.25) is 0 Å². The zero-order valence-electron chi connectivity index (χ0n) is 21.0. The van der Waals surface area contributed by atoms with Gasteiger partial charge in [-0.15, -0.1) is 0 Å². The Morgan fingerprint density at radius 2 is 1.78 bits per heavy atom. The number of nitrogens with zero attached hydrogens (tertiary/aromatic N) is 2. The molecule has 0 spiro atoms. The monoisotopic (exact) mass is 521 g/mol. The molecule has 5 rings (SSSR count). The smallest absolute Gasteiger partial charge is 0.260 e. The predicted molar refractivity (Wildman–Crippen MR) is 133 cm³/mol. The van der Waals surface area contributed by atoms with Crippen molar-refractivity contribution in [3.05, 3.63) is 64.9 Å². The van der Waals surface area contributed by atoms with Gasteiger partial charge in [-0.1, -0.05) is 25.1 Å². The molecule has 0 amide bonds. The average Bonchev–Trinajstić information content (AvgIpc) is 3.19. The Bertz CT molecular complexity index is 1230. The first-order valence-corrected chi connectivity index (χ1v) is 12.9. The number of para-hydroxylation sites is 1. The molecule has 3 aromatic rings. The summed E-state index contributed by atoms with van der Waals surface area (Å²) in [7, 11) is 0. The van der Waals surface area contributed by atoms with Crippen LogP contribution in [0.1, 0.15) is 49.6 Å². The second kappa shape index (κ2) is 10.3.